The minimum Gasteiger partial charge on any atom is -0.0843 e. The van der Waals surface area contributed by atoms with Gasteiger partial charge in [-0.15, -0.1) is 0 Å². The number of rotatable bonds is 0. The van der Waals surface area contributed by atoms with E-state index < -0.39 is 0 Å². The zero-order chi connectivity index (χ0) is 6.97. The normalized spacial score (nSPS) is 13.7. The van der Waals surface area contributed by atoms with Crippen LogP contribution in [-0.4, -0.2) is 0 Å². The molecule has 0 amide bonds. The summed E-state index contributed by atoms with van der Waals surface area (Å²) >= 11 is 5.78. The highest BCUT2D eigenvalue weighted by molar-refractivity contribution is 6.30. The first kappa shape index (κ1) is 5.99. The first-order chi connectivity index (χ1) is 4.86. The summed E-state index contributed by atoms with van der Waals surface area (Å²) in [6.07, 6.45) is 6.05. The van der Waals surface area contributed by atoms with Gasteiger partial charge in [-0.1, -0.05) is 23.7 Å². The fourth-order valence-corrected chi connectivity index (χ4v) is 1.33. The predicted octanol–water partition coefficient (Wildman–Crippen LogP) is 2.71. The van der Waals surface area contributed by atoms with E-state index in [1.54, 1.807) is 0 Å². The monoisotopic (exact) mass is 149 g/mol. The Morgan fingerprint density at radius 3 is 3.20 bits per heavy atom. The Morgan fingerprint density at radius 2 is 2.30 bits per heavy atom. The van der Waals surface area contributed by atoms with E-state index in [2.05, 4.69) is 6.08 Å². The highest BCUT2D eigenvalue weighted by atomic mass is 35.5. The third-order valence-electron chi connectivity index (χ3n) is 1.66. The lowest BCUT2D eigenvalue weighted by Gasteiger charge is -1.96. The van der Waals surface area contributed by atoms with Crippen LogP contribution in [0.2, 0.25) is 5.02 Å². The average molecular weight is 150 g/mol. The minimum absolute atomic E-state index is 0.816. The van der Waals surface area contributed by atoms with Gasteiger partial charge >= 0.3 is 0 Å². The maximum absolute atomic E-state index is 5.78. The van der Waals surface area contributed by atoms with Crippen LogP contribution in [0.4, 0.5) is 0 Å². The second kappa shape index (κ2) is 2.14. The van der Waals surface area contributed by atoms with Crippen molar-refractivity contribution < 1.29 is 0 Å². The number of allylic oxidation sites excluding steroid dienone is 1. The zero-order valence-corrected chi connectivity index (χ0v) is 6.15. The molecule has 1 aromatic carbocycles. The highest BCUT2D eigenvalue weighted by Gasteiger charge is 2.03. The van der Waals surface area contributed by atoms with Gasteiger partial charge in [0, 0.05) is 5.02 Å². The molecule has 10 heavy (non-hydrogen) atoms. The Kier molecular flexibility index (Phi) is 1.28. The van der Waals surface area contributed by atoms with Gasteiger partial charge in [-0.2, -0.15) is 0 Å². The van der Waals surface area contributed by atoms with Crippen molar-refractivity contribution in [1.82, 2.24) is 0 Å². The van der Waals surface area contributed by atoms with Gasteiger partial charge in [0.2, 0.25) is 0 Å². The molecule has 1 radical (unpaired) electrons. The lowest BCUT2D eigenvalue weighted by molar-refractivity contribution is 1.28. The van der Waals surface area contributed by atoms with E-state index in [9.17, 15) is 0 Å². The van der Waals surface area contributed by atoms with Crippen LogP contribution in [0.15, 0.2) is 18.2 Å². The lowest BCUT2D eigenvalue weighted by Crippen LogP contribution is -1.79. The highest BCUT2D eigenvalue weighted by Crippen LogP contribution is 2.21. The average Bonchev–Trinajstić information content (AvgIpc) is 2.33. The molecule has 0 bridgehead atoms. The molecule has 0 atom stereocenters. The van der Waals surface area contributed by atoms with Crippen LogP contribution in [0.5, 0.6) is 0 Å². The lowest BCUT2D eigenvalue weighted by atomic mass is 10.1. The molecule has 0 nitrogen and oxygen atoms in total. The molecule has 0 aromatic heterocycles. The maximum atomic E-state index is 5.78. The summed E-state index contributed by atoms with van der Waals surface area (Å²) in [5, 5.41) is 0.816. The van der Waals surface area contributed by atoms with Crippen LogP contribution < -0.4 is 0 Å². The first-order valence-corrected chi connectivity index (χ1v) is 3.59. The summed E-state index contributed by atoms with van der Waals surface area (Å²) in [4.78, 5) is 0. The molecule has 0 saturated carbocycles. The van der Waals surface area contributed by atoms with Crippen LogP contribution in [0.25, 0.3) is 6.08 Å². The maximum Gasteiger partial charge on any atom is 0.0409 e. The molecule has 0 N–H and O–H groups in total. The standard InChI is InChI=1S/C9H6Cl/c10-9-5-4-7-2-1-3-8(7)6-9/h2,4-6H,3H2. The van der Waals surface area contributed by atoms with Gasteiger partial charge in [-0.05, 0) is 35.8 Å². The quantitative estimate of drug-likeness (QED) is 0.532. The third-order valence-corrected chi connectivity index (χ3v) is 1.89. The van der Waals surface area contributed by atoms with Crippen LogP contribution in [0, 0.1) is 6.08 Å². The summed E-state index contributed by atoms with van der Waals surface area (Å²) in [6.45, 7) is 0. The molecule has 0 aliphatic heterocycles. The topological polar surface area (TPSA) is 0 Å². The van der Waals surface area contributed by atoms with Gasteiger partial charge in [0.05, 0.1) is 0 Å². The first-order valence-electron chi connectivity index (χ1n) is 3.21. The van der Waals surface area contributed by atoms with Crippen molar-refractivity contribution in [2.45, 2.75) is 6.42 Å². The Morgan fingerprint density at radius 1 is 1.40 bits per heavy atom. The molecular formula is C9H6Cl. The van der Waals surface area contributed by atoms with Crippen LogP contribution in [0.3, 0.4) is 0 Å². The van der Waals surface area contributed by atoms with Gasteiger partial charge in [-0.3, -0.25) is 0 Å². The molecule has 1 aliphatic rings. The SMILES string of the molecule is Clc1ccc2c(c1)C[C]=C2. The predicted molar refractivity (Wildman–Crippen MR) is 42.9 cm³/mol. The van der Waals surface area contributed by atoms with Crippen molar-refractivity contribution in [2.75, 3.05) is 0 Å². The Bertz CT molecular complexity index is 287. The largest absolute Gasteiger partial charge is 0.0843 e. The summed E-state index contributed by atoms with van der Waals surface area (Å²) in [6, 6.07) is 5.93. The molecule has 0 saturated heterocycles. The van der Waals surface area contributed by atoms with Crippen molar-refractivity contribution in [2.24, 2.45) is 0 Å². The molecule has 49 valence electrons. The van der Waals surface area contributed by atoms with Gasteiger partial charge in [-0.25, -0.2) is 0 Å². The number of fused-ring (bicyclic) bond motifs is 1. The van der Waals surface area contributed by atoms with Crippen LogP contribution in [0.1, 0.15) is 11.1 Å². The Balaban J connectivity index is 2.59. The summed E-state index contributed by atoms with van der Waals surface area (Å²) in [7, 11) is 0. The van der Waals surface area contributed by atoms with Gasteiger partial charge in [0.25, 0.3) is 0 Å². The molecule has 1 aliphatic carbocycles. The zero-order valence-electron chi connectivity index (χ0n) is 5.39. The van der Waals surface area contributed by atoms with Crippen molar-refractivity contribution >= 4 is 17.7 Å². The molecule has 1 aromatic rings. The minimum atomic E-state index is 0.816. The fourth-order valence-electron chi connectivity index (χ4n) is 1.14. The second-order valence-corrected chi connectivity index (χ2v) is 2.80. The van der Waals surface area contributed by atoms with Crippen molar-refractivity contribution in [1.29, 1.82) is 0 Å². The van der Waals surface area contributed by atoms with Crippen molar-refractivity contribution in [3.05, 3.63) is 40.4 Å². The molecule has 0 unspecified atom stereocenters. The number of hydrogen-bond acceptors (Lipinski definition) is 0. The number of hydrogen-bond donors (Lipinski definition) is 0. The van der Waals surface area contributed by atoms with Crippen molar-refractivity contribution in [3.63, 3.8) is 0 Å². The summed E-state index contributed by atoms with van der Waals surface area (Å²) < 4.78 is 0. The summed E-state index contributed by atoms with van der Waals surface area (Å²) in [5.74, 6) is 0. The van der Waals surface area contributed by atoms with E-state index in [0.29, 0.717) is 0 Å². The second-order valence-electron chi connectivity index (χ2n) is 2.37. The van der Waals surface area contributed by atoms with Gasteiger partial charge in [0.15, 0.2) is 0 Å². The van der Waals surface area contributed by atoms with E-state index in [0.717, 1.165) is 11.4 Å². The van der Waals surface area contributed by atoms with E-state index >= 15 is 0 Å². The molecule has 0 fully saturated rings. The molecule has 0 spiro atoms. The van der Waals surface area contributed by atoms with Gasteiger partial charge in [0.1, 0.15) is 0 Å². The van der Waals surface area contributed by atoms with Crippen LogP contribution >= 0.6 is 11.6 Å². The van der Waals surface area contributed by atoms with Crippen LogP contribution in [-0.2, 0) is 6.42 Å². The van der Waals surface area contributed by atoms with Gasteiger partial charge < -0.3 is 0 Å². The van der Waals surface area contributed by atoms with E-state index in [1.807, 2.05) is 24.3 Å². The van der Waals surface area contributed by atoms with E-state index in [4.69, 9.17) is 11.6 Å². The Labute approximate surface area is 65.1 Å². The Hall–Kier alpha value is -0.750. The third kappa shape index (κ3) is 0.850. The smallest absolute Gasteiger partial charge is 0.0409 e. The van der Waals surface area contributed by atoms with E-state index in [1.165, 1.54) is 11.1 Å². The summed E-state index contributed by atoms with van der Waals surface area (Å²) in [5.41, 5.74) is 2.54. The fraction of sp³-hybridized carbons (Fsp3) is 0.111. The van der Waals surface area contributed by atoms with E-state index in [-0.39, 0.29) is 0 Å². The van der Waals surface area contributed by atoms with Crippen molar-refractivity contribution in [3.8, 4) is 0 Å². The molecule has 2 rings (SSSR count). The molecule has 0 heterocycles. The number of benzene rings is 1. The molecule has 1 heteroatoms. The number of halogens is 1. The molecular weight excluding hydrogens is 144 g/mol.